The smallest absolute Gasteiger partial charge is 0.251 e. The van der Waals surface area contributed by atoms with Gasteiger partial charge in [-0.25, -0.2) is 4.39 Å². The number of hydrogen-bond donors (Lipinski definition) is 1. The molecule has 0 aliphatic heterocycles. The lowest BCUT2D eigenvalue weighted by Crippen LogP contribution is -2.24. The predicted molar refractivity (Wildman–Crippen MR) is 91.0 cm³/mol. The summed E-state index contributed by atoms with van der Waals surface area (Å²) in [5.74, 6) is 1.50. The number of rotatable bonds is 7. The zero-order chi connectivity index (χ0) is 15.8. The van der Waals surface area contributed by atoms with E-state index in [1.165, 1.54) is 12.1 Å². The zero-order valence-electron chi connectivity index (χ0n) is 12.0. The minimum absolute atomic E-state index is 0.0831. The third-order valence-electron chi connectivity index (χ3n) is 3.04. The lowest BCUT2D eigenvalue weighted by molar-refractivity contribution is 0.0954. The SMILES string of the molecule is O=C(NCCCSCc1ccc(F)cc1)c1ccc(Cl)cc1. The highest BCUT2D eigenvalue weighted by molar-refractivity contribution is 7.98. The first-order chi connectivity index (χ1) is 10.6. The van der Waals surface area contributed by atoms with Crippen LogP contribution in [-0.2, 0) is 5.75 Å². The van der Waals surface area contributed by atoms with E-state index in [0.29, 0.717) is 17.1 Å². The molecule has 0 atom stereocenters. The Labute approximate surface area is 139 Å². The minimum atomic E-state index is -0.210. The first-order valence-corrected chi connectivity index (χ1v) is 8.54. The molecule has 0 radical (unpaired) electrons. The maximum Gasteiger partial charge on any atom is 0.251 e. The van der Waals surface area contributed by atoms with Crippen molar-refractivity contribution < 1.29 is 9.18 Å². The van der Waals surface area contributed by atoms with Gasteiger partial charge in [-0.1, -0.05) is 23.7 Å². The lowest BCUT2D eigenvalue weighted by Gasteiger charge is -2.05. The van der Waals surface area contributed by atoms with Crippen LogP contribution < -0.4 is 5.32 Å². The van der Waals surface area contributed by atoms with Gasteiger partial charge in [0.2, 0.25) is 0 Å². The summed E-state index contributed by atoms with van der Waals surface area (Å²) in [6.07, 6.45) is 0.894. The van der Waals surface area contributed by atoms with E-state index in [-0.39, 0.29) is 11.7 Å². The second-order valence-corrected chi connectivity index (χ2v) is 6.34. The molecular weight excluding hydrogens is 321 g/mol. The average molecular weight is 338 g/mol. The molecule has 2 rings (SSSR count). The molecule has 0 spiro atoms. The molecule has 116 valence electrons. The van der Waals surface area contributed by atoms with E-state index >= 15 is 0 Å². The Balaban J connectivity index is 1.60. The summed E-state index contributed by atoms with van der Waals surface area (Å²) < 4.78 is 12.8. The topological polar surface area (TPSA) is 29.1 Å². The number of hydrogen-bond acceptors (Lipinski definition) is 2. The number of carbonyl (C=O) groups is 1. The lowest BCUT2D eigenvalue weighted by atomic mass is 10.2. The number of thioether (sulfide) groups is 1. The Morgan fingerprint density at radius 1 is 1.09 bits per heavy atom. The molecular formula is C17H17ClFNOS. The van der Waals surface area contributed by atoms with Gasteiger partial charge in [-0.3, -0.25) is 4.79 Å². The molecule has 0 bridgehead atoms. The van der Waals surface area contributed by atoms with Gasteiger partial charge in [0.15, 0.2) is 0 Å². The van der Waals surface area contributed by atoms with Gasteiger partial charge in [0.25, 0.3) is 5.91 Å². The maximum absolute atomic E-state index is 12.8. The minimum Gasteiger partial charge on any atom is -0.352 e. The largest absolute Gasteiger partial charge is 0.352 e. The Morgan fingerprint density at radius 2 is 1.77 bits per heavy atom. The van der Waals surface area contributed by atoms with E-state index in [1.807, 2.05) is 0 Å². The van der Waals surface area contributed by atoms with E-state index in [4.69, 9.17) is 11.6 Å². The van der Waals surface area contributed by atoms with Crippen molar-refractivity contribution in [1.82, 2.24) is 5.32 Å². The third kappa shape index (κ3) is 5.70. The molecule has 0 aliphatic rings. The fraction of sp³-hybridized carbons (Fsp3) is 0.235. The van der Waals surface area contributed by atoms with Gasteiger partial charge in [0.05, 0.1) is 0 Å². The molecule has 0 fully saturated rings. The van der Waals surface area contributed by atoms with Crippen molar-refractivity contribution in [1.29, 1.82) is 0 Å². The van der Waals surface area contributed by atoms with E-state index in [1.54, 1.807) is 48.2 Å². The van der Waals surface area contributed by atoms with Crippen molar-refractivity contribution in [3.8, 4) is 0 Å². The summed E-state index contributed by atoms with van der Waals surface area (Å²) in [5, 5.41) is 3.50. The van der Waals surface area contributed by atoms with Crippen molar-refractivity contribution in [3.63, 3.8) is 0 Å². The summed E-state index contributed by atoms with van der Waals surface area (Å²) in [6, 6.07) is 13.4. The van der Waals surface area contributed by atoms with Crippen molar-refractivity contribution in [2.45, 2.75) is 12.2 Å². The molecule has 0 saturated carbocycles. The molecule has 1 N–H and O–H groups in total. The highest BCUT2D eigenvalue weighted by atomic mass is 35.5. The highest BCUT2D eigenvalue weighted by Gasteiger charge is 2.04. The van der Waals surface area contributed by atoms with Crippen LogP contribution in [0.15, 0.2) is 48.5 Å². The van der Waals surface area contributed by atoms with Crippen LogP contribution in [0.25, 0.3) is 0 Å². The van der Waals surface area contributed by atoms with Crippen molar-refractivity contribution in [2.24, 2.45) is 0 Å². The van der Waals surface area contributed by atoms with Crippen LogP contribution in [0.1, 0.15) is 22.3 Å². The first-order valence-electron chi connectivity index (χ1n) is 7.01. The molecule has 22 heavy (non-hydrogen) atoms. The maximum atomic E-state index is 12.8. The van der Waals surface area contributed by atoms with Gasteiger partial charge in [0.1, 0.15) is 5.82 Å². The number of nitrogens with one attached hydrogen (secondary N) is 1. The Kier molecular flexibility index (Phi) is 6.74. The monoisotopic (exact) mass is 337 g/mol. The molecule has 2 aromatic carbocycles. The first kappa shape index (κ1) is 16.8. The summed E-state index contributed by atoms with van der Waals surface area (Å²) in [4.78, 5) is 11.8. The quantitative estimate of drug-likeness (QED) is 0.752. The van der Waals surface area contributed by atoms with E-state index < -0.39 is 0 Å². The number of amides is 1. The van der Waals surface area contributed by atoms with E-state index in [0.717, 1.165) is 23.5 Å². The second-order valence-electron chi connectivity index (χ2n) is 4.80. The molecule has 0 unspecified atom stereocenters. The van der Waals surface area contributed by atoms with Crippen LogP contribution in [0.2, 0.25) is 5.02 Å². The van der Waals surface area contributed by atoms with Gasteiger partial charge in [-0.05, 0) is 54.1 Å². The van der Waals surface area contributed by atoms with Crippen LogP contribution in [0, 0.1) is 5.82 Å². The predicted octanol–water partition coefficient (Wildman–Crippen LogP) is 4.53. The van der Waals surface area contributed by atoms with Crippen LogP contribution in [0.3, 0.4) is 0 Å². The zero-order valence-corrected chi connectivity index (χ0v) is 13.6. The van der Waals surface area contributed by atoms with Gasteiger partial charge >= 0.3 is 0 Å². The normalized spacial score (nSPS) is 10.5. The fourth-order valence-electron chi connectivity index (χ4n) is 1.85. The third-order valence-corrected chi connectivity index (χ3v) is 4.41. The van der Waals surface area contributed by atoms with E-state index in [2.05, 4.69) is 5.32 Å². The summed E-state index contributed by atoms with van der Waals surface area (Å²) >= 11 is 7.55. The van der Waals surface area contributed by atoms with Crippen molar-refractivity contribution in [3.05, 3.63) is 70.5 Å². The van der Waals surface area contributed by atoms with Gasteiger partial charge in [0, 0.05) is 22.9 Å². The van der Waals surface area contributed by atoms with Crippen LogP contribution in [-0.4, -0.2) is 18.2 Å². The standard InChI is InChI=1S/C17H17ClFNOS/c18-15-6-4-14(5-7-15)17(21)20-10-1-11-22-12-13-2-8-16(19)9-3-13/h2-9H,1,10-12H2,(H,20,21). The molecule has 0 saturated heterocycles. The fourth-order valence-corrected chi connectivity index (χ4v) is 2.90. The summed E-state index contributed by atoms with van der Waals surface area (Å²) in [7, 11) is 0. The van der Waals surface area contributed by atoms with Gasteiger partial charge in [-0.15, -0.1) is 0 Å². The van der Waals surface area contributed by atoms with Crippen molar-refractivity contribution >= 4 is 29.3 Å². The summed E-state index contributed by atoms with van der Waals surface area (Å²) in [5.41, 5.74) is 1.72. The molecule has 0 heterocycles. The van der Waals surface area contributed by atoms with Crippen molar-refractivity contribution in [2.75, 3.05) is 12.3 Å². The Morgan fingerprint density at radius 3 is 2.45 bits per heavy atom. The second kappa shape index (κ2) is 8.81. The molecule has 2 nitrogen and oxygen atoms in total. The molecule has 2 aromatic rings. The average Bonchev–Trinajstić information content (AvgIpc) is 2.53. The molecule has 1 amide bonds. The molecule has 0 aromatic heterocycles. The van der Waals surface area contributed by atoms with Crippen LogP contribution >= 0.6 is 23.4 Å². The van der Waals surface area contributed by atoms with Crippen LogP contribution in [0.5, 0.6) is 0 Å². The number of benzene rings is 2. The number of carbonyl (C=O) groups excluding carboxylic acids is 1. The van der Waals surface area contributed by atoms with Gasteiger partial charge in [-0.2, -0.15) is 11.8 Å². The highest BCUT2D eigenvalue weighted by Crippen LogP contribution is 2.13. The summed E-state index contributed by atoms with van der Waals surface area (Å²) in [6.45, 7) is 0.637. The molecule has 5 heteroatoms. The van der Waals surface area contributed by atoms with Gasteiger partial charge < -0.3 is 5.32 Å². The number of halogens is 2. The van der Waals surface area contributed by atoms with E-state index in [9.17, 15) is 9.18 Å². The van der Waals surface area contributed by atoms with Crippen LogP contribution in [0.4, 0.5) is 4.39 Å². The Bertz CT molecular complexity index is 601. The Hall–Kier alpha value is -1.52. The molecule has 0 aliphatic carbocycles.